The summed E-state index contributed by atoms with van der Waals surface area (Å²) in [4.78, 5) is 14.2. The molecular weight excluding hydrogens is 341 g/mol. The Morgan fingerprint density at radius 3 is 2.71 bits per heavy atom. The van der Waals surface area contributed by atoms with Crippen molar-refractivity contribution in [3.63, 3.8) is 0 Å². The van der Waals surface area contributed by atoms with Crippen molar-refractivity contribution in [1.29, 1.82) is 0 Å². The second kappa shape index (κ2) is 4.97. The highest BCUT2D eigenvalue weighted by Gasteiger charge is 2.54. The number of nitrogens with one attached hydrogen (secondary N) is 1. The molecule has 3 nitrogen and oxygen atoms in total. The van der Waals surface area contributed by atoms with E-state index < -0.39 is 17.4 Å². The van der Waals surface area contributed by atoms with Crippen molar-refractivity contribution in [2.75, 3.05) is 13.1 Å². The van der Waals surface area contributed by atoms with E-state index in [1.165, 1.54) is 6.07 Å². The fraction of sp³-hybridized carbons (Fsp3) is 0.235. The van der Waals surface area contributed by atoms with Crippen molar-refractivity contribution in [2.24, 2.45) is 0 Å². The number of halogens is 4. The van der Waals surface area contributed by atoms with Crippen molar-refractivity contribution >= 4 is 17.5 Å². The maximum absolute atomic E-state index is 13.1. The minimum absolute atomic E-state index is 0.205. The Morgan fingerprint density at radius 2 is 1.96 bits per heavy atom. The van der Waals surface area contributed by atoms with Crippen LogP contribution in [0.4, 0.5) is 13.2 Å². The van der Waals surface area contributed by atoms with E-state index in [-0.39, 0.29) is 5.91 Å². The number of hydrogen-bond acceptors (Lipinski definition) is 2. The topological polar surface area (TPSA) is 32.3 Å². The zero-order chi connectivity index (χ0) is 17.1. The average Bonchev–Trinajstić information content (AvgIpc) is 3.07. The molecule has 2 aliphatic rings. The standard InChI is InChI=1S/C17H12ClF3N2O/c18-12-4-5-13-14(9-12)16(22-6-7-23(16)15(13)24)10-2-1-3-11(8-10)17(19,20)21/h1-5,8-9,22H,6-7H2. The highest BCUT2D eigenvalue weighted by atomic mass is 35.5. The Kier molecular flexibility index (Phi) is 3.21. The Hall–Kier alpha value is -2.05. The quantitative estimate of drug-likeness (QED) is 0.850. The molecule has 1 amide bonds. The molecular formula is C17H12ClF3N2O. The van der Waals surface area contributed by atoms with Crippen molar-refractivity contribution in [3.05, 3.63) is 69.7 Å². The predicted octanol–water partition coefficient (Wildman–Crippen LogP) is 3.62. The van der Waals surface area contributed by atoms with Gasteiger partial charge in [0.05, 0.1) is 5.56 Å². The van der Waals surface area contributed by atoms with Gasteiger partial charge >= 0.3 is 6.18 Å². The molecule has 24 heavy (non-hydrogen) atoms. The summed E-state index contributed by atoms with van der Waals surface area (Å²) in [6.45, 7) is 0.912. The molecule has 2 aromatic rings. The number of fused-ring (bicyclic) bond motifs is 3. The van der Waals surface area contributed by atoms with E-state index >= 15 is 0 Å². The monoisotopic (exact) mass is 352 g/mol. The van der Waals surface area contributed by atoms with Crippen LogP contribution in [0.5, 0.6) is 0 Å². The summed E-state index contributed by atoms with van der Waals surface area (Å²) in [5.74, 6) is -0.205. The van der Waals surface area contributed by atoms with Crippen molar-refractivity contribution in [1.82, 2.24) is 10.2 Å². The molecule has 7 heteroatoms. The summed E-state index contributed by atoms with van der Waals surface area (Å²) in [5, 5.41) is 3.65. The SMILES string of the molecule is O=C1c2ccc(Cl)cc2C2(c3cccc(C(F)(F)F)c3)NCCN12. The third-order valence-corrected chi connectivity index (χ3v) is 4.81. The molecule has 2 aliphatic heterocycles. The summed E-state index contributed by atoms with van der Waals surface area (Å²) in [7, 11) is 0. The Balaban J connectivity index is 1.97. The number of nitrogens with zero attached hydrogens (tertiary/aromatic N) is 1. The van der Waals surface area contributed by atoms with Gasteiger partial charge in [0.15, 0.2) is 0 Å². The number of carbonyl (C=O) groups is 1. The van der Waals surface area contributed by atoms with Crippen LogP contribution in [0.2, 0.25) is 5.02 Å². The van der Waals surface area contributed by atoms with Gasteiger partial charge in [-0.15, -0.1) is 0 Å². The molecule has 1 unspecified atom stereocenters. The first-order valence-corrected chi connectivity index (χ1v) is 7.76. The lowest BCUT2D eigenvalue weighted by atomic mass is 9.90. The molecule has 0 aliphatic carbocycles. The molecule has 0 saturated carbocycles. The minimum Gasteiger partial charge on any atom is -0.311 e. The molecule has 1 fully saturated rings. The van der Waals surface area contributed by atoms with Crippen LogP contribution in [0.3, 0.4) is 0 Å². The fourth-order valence-corrected chi connectivity index (χ4v) is 3.76. The third kappa shape index (κ3) is 1.99. The van der Waals surface area contributed by atoms with E-state index in [1.54, 1.807) is 29.2 Å². The lowest BCUT2D eigenvalue weighted by Gasteiger charge is -2.34. The summed E-state index contributed by atoms with van der Waals surface area (Å²) in [5.41, 5.74) is -0.408. The van der Waals surface area contributed by atoms with E-state index in [9.17, 15) is 18.0 Å². The van der Waals surface area contributed by atoms with Crippen molar-refractivity contribution in [2.45, 2.75) is 11.8 Å². The molecule has 1 N–H and O–H groups in total. The lowest BCUT2D eigenvalue weighted by molar-refractivity contribution is -0.137. The molecule has 124 valence electrons. The van der Waals surface area contributed by atoms with Crippen LogP contribution in [0.1, 0.15) is 27.0 Å². The first-order valence-electron chi connectivity index (χ1n) is 7.39. The van der Waals surface area contributed by atoms with Crippen LogP contribution in [0.15, 0.2) is 42.5 Å². The van der Waals surface area contributed by atoms with Gasteiger partial charge in [0, 0.05) is 29.2 Å². The number of carbonyl (C=O) groups excluding carboxylic acids is 1. The summed E-state index contributed by atoms with van der Waals surface area (Å²) < 4.78 is 39.3. The van der Waals surface area contributed by atoms with Gasteiger partial charge in [0.2, 0.25) is 0 Å². The first-order chi connectivity index (χ1) is 11.3. The zero-order valence-corrected chi connectivity index (χ0v) is 13.1. The summed E-state index contributed by atoms with van der Waals surface area (Å²) in [6.07, 6.45) is -4.45. The van der Waals surface area contributed by atoms with Crippen LogP contribution in [0.25, 0.3) is 0 Å². The van der Waals surface area contributed by atoms with Gasteiger partial charge in [0.25, 0.3) is 5.91 Å². The normalized spacial score (nSPS) is 22.7. The number of hydrogen-bond donors (Lipinski definition) is 1. The maximum Gasteiger partial charge on any atom is 0.416 e. The molecule has 0 spiro atoms. The smallest absolute Gasteiger partial charge is 0.311 e. The second-order valence-corrected chi connectivity index (χ2v) is 6.30. The third-order valence-electron chi connectivity index (χ3n) is 4.58. The Labute approximate surface area is 141 Å². The van der Waals surface area contributed by atoms with Crippen molar-refractivity contribution < 1.29 is 18.0 Å². The maximum atomic E-state index is 13.1. The van der Waals surface area contributed by atoms with Gasteiger partial charge in [0.1, 0.15) is 5.66 Å². The molecule has 0 bridgehead atoms. The van der Waals surface area contributed by atoms with Gasteiger partial charge in [-0.05, 0) is 35.9 Å². The molecule has 4 rings (SSSR count). The van der Waals surface area contributed by atoms with Crippen LogP contribution in [-0.2, 0) is 11.8 Å². The number of amides is 1. The minimum atomic E-state index is -4.45. The second-order valence-electron chi connectivity index (χ2n) is 5.86. The van der Waals surface area contributed by atoms with Gasteiger partial charge in [-0.1, -0.05) is 23.7 Å². The first kappa shape index (κ1) is 15.5. The largest absolute Gasteiger partial charge is 0.416 e. The summed E-state index contributed by atoms with van der Waals surface area (Å²) in [6, 6.07) is 9.95. The van der Waals surface area contributed by atoms with E-state index in [4.69, 9.17) is 11.6 Å². The lowest BCUT2D eigenvalue weighted by Crippen LogP contribution is -2.46. The van der Waals surface area contributed by atoms with Gasteiger partial charge in [-0.3, -0.25) is 10.1 Å². The van der Waals surface area contributed by atoms with Gasteiger partial charge in [-0.2, -0.15) is 13.2 Å². The fourth-order valence-electron chi connectivity index (χ4n) is 3.59. The van der Waals surface area contributed by atoms with Crippen LogP contribution in [0, 0.1) is 0 Å². The van der Waals surface area contributed by atoms with Crippen molar-refractivity contribution in [3.8, 4) is 0 Å². The molecule has 2 heterocycles. The van der Waals surface area contributed by atoms with Crippen LogP contribution in [-0.4, -0.2) is 23.9 Å². The van der Waals surface area contributed by atoms with Gasteiger partial charge in [-0.25, -0.2) is 0 Å². The van der Waals surface area contributed by atoms with E-state index in [0.29, 0.717) is 34.8 Å². The predicted molar refractivity (Wildman–Crippen MR) is 82.7 cm³/mol. The number of rotatable bonds is 1. The molecule has 1 saturated heterocycles. The van der Waals surface area contributed by atoms with Crippen LogP contribution >= 0.6 is 11.6 Å². The van der Waals surface area contributed by atoms with E-state index in [1.807, 2.05) is 0 Å². The molecule has 0 radical (unpaired) electrons. The highest BCUT2D eigenvalue weighted by molar-refractivity contribution is 6.30. The average molecular weight is 353 g/mol. The Morgan fingerprint density at radius 1 is 1.17 bits per heavy atom. The van der Waals surface area contributed by atoms with E-state index in [2.05, 4.69) is 5.32 Å². The van der Waals surface area contributed by atoms with Gasteiger partial charge < -0.3 is 4.90 Å². The Bertz CT molecular complexity index is 852. The number of alkyl halides is 3. The highest BCUT2D eigenvalue weighted by Crippen LogP contribution is 2.46. The van der Waals surface area contributed by atoms with Crippen LogP contribution < -0.4 is 5.32 Å². The molecule has 0 aromatic heterocycles. The molecule has 1 atom stereocenters. The van der Waals surface area contributed by atoms with E-state index in [0.717, 1.165) is 12.1 Å². The summed E-state index contributed by atoms with van der Waals surface area (Å²) >= 11 is 6.08. The number of benzene rings is 2. The zero-order valence-electron chi connectivity index (χ0n) is 12.3. The molecule has 2 aromatic carbocycles.